The van der Waals surface area contributed by atoms with Crippen molar-refractivity contribution in [3.63, 3.8) is 0 Å². The fourth-order valence-electron chi connectivity index (χ4n) is 1.87. The van der Waals surface area contributed by atoms with Crippen LogP contribution in [0, 0.1) is 0 Å². The van der Waals surface area contributed by atoms with E-state index in [-0.39, 0.29) is 11.6 Å². The fourth-order valence-corrected chi connectivity index (χ4v) is 2.28. The van der Waals surface area contributed by atoms with Crippen molar-refractivity contribution < 1.29 is 9.90 Å². The minimum Gasteiger partial charge on any atom is -0.476 e. The number of aromatic carboxylic acids is 1. The SMILES string of the molecule is CSc1ccc(-n2nnc(C(=O)O)c2C(C)C)cc1. The van der Waals surface area contributed by atoms with Gasteiger partial charge in [0.25, 0.3) is 0 Å². The van der Waals surface area contributed by atoms with E-state index in [0.29, 0.717) is 5.69 Å². The van der Waals surface area contributed by atoms with Crippen molar-refractivity contribution in [2.75, 3.05) is 6.26 Å². The van der Waals surface area contributed by atoms with Crippen LogP contribution in [-0.2, 0) is 0 Å². The molecule has 0 aliphatic carbocycles. The molecule has 1 aromatic carbocycles. The van der Waals surface area contributed by atoms with Crippen LogP contribution in [0.15, 0.2) is 29.2 Å². The van der Waals surface area contributed by atoms with Crippen molar-refractivity contribution in [1.29, 1.82) is 0 Å². The molecule has 1 aromatic heterocycles. The molecule has 0 atom stereocenters. The zero-order chi connectivity index (χ0) is 14.0. The second-order valence-corrected chi connectivity index (χ2v) is 5.27. The summed E-state index contributed by atoms with van der Waals surface area (Å²) in [5, 5.41) is 16.9. The van der Waals surface area contributed by atoms with Gasteiger partial charge in [-0.1, -0.05) is 19.1 Å². The lowest BCUT2D eigenvalue weighted by Crippen LogP contribution is -2.08. The Kier molecular flexibility index (Phi) is 3.90. The van der Waals surface area contributed by atoms with Crippen molar-refractivity contribution in [2.45, 2.75) is 24.7 Å². The van der Waals surface area contributed by atoms with Gasteiger partial charge in [0, 0.05) is 4.90 Å². The zero-order valence-electron chi connectivity index (χ0n) is 11.0. The Morgan fingerprint density at radius 1 is 1.32 bits per heavy atom. The standard InChI is InChI=1S/C13H15N3O2S/c1-8(2)12-11(13(17)18)14-15-16(12)9-4-6-10(19-3)7-5-9/h4-8H,1-3H3,(H,17,18). The molecule has 0 bridgehead atoms. The van der Waals surface area contributed by atoms with Gasteiger partial charge in [0.15, 0.2) is 5.69 Å². The molecular formula is C13H15N3O2S. The van der Waals surface area contributed by atoms with Crippen LogP contribution in [0.1, 0.15) is 35.9 Å². The molecule has 5 nitrogen and oxygen atoms in total. The fraction of sp³-hybridized carbons (Fsp3) is 0.308. The minimum atomic E-state index is -1.05. The molecular weight excluding hydrogens is 262 g/mol. The molecule has 0 aliphatic heterocycles. The van der Waals surface area contributed by atoms with Crippen LogP contribution in [0.5, 0.6) is 0 Å². The predicted molar refractivity (Wildman–Crippen MR) is 74.2 cm³/mol. The van der Waals surface area contributed by atoms with Gasteiger partial charge in [-0.05, 0) is 36.4 Å². The number of carbonyl (C=O) groups is 1. The highest BCUT2D eigenvalue weighted by Gasteiger charge is 2.22. The summed E-state index contributed by atoms with van der Waals surface area (Å²) in [7, 11) is 0. The number of thioether (sulfide) groups is 1. The lowest BCUT2D eigenvalue weighted by Gasteiger charge is -2.10. The van der Waals surface area contributed by atoms with E-state index in [1.54, 1.807) is 16.4 Å². The van der Waals surface area contributed by atoms with Gasteiger partial charge in [0.1, 0.15) is 0 Å². The number of hydrogen-bond donors (Lipinski definition) is 1. The summed E-state index contributed by atoms with van der Waals surface area (Å²) in [6, 6.07) is 7.79. The molecule has 0 amide bonds. The second-order valence-electron chi connectivity index (χ2n) is 4.39. The number of carboxylic acids is 1. The van der Waals surface area contributed by atoms with Crippen LogP contribution in [0.4, 0.5) is 0 Å². The Morgan fingerprint density at radius 3 is 2.42 bits per heavy atom. The highest BCUT2D eigenvalue weighted by molar-refractivity contribution is 7.98. The first kappa shape index (κ1) is 13.6. The Labute approximate surface area is 115 Å². The van der Waals surface area contributed by atoms with Gasteiger partial charge in [-0.2, -0.15) is 0 Å². The van der Waals surface area contributed by atoms with Crippen LogP contribution in [0.25, 0.3) is 5.69 Å². The Bertz CT molecular complexity index is 590. The van der Waals surface area contributed by atoms with E-state index in [0.717, 1.165) is 10.6 Å². The minimum absolute atomic E-state index is 0.0175. The normalized spacial score (nSPS) is 10.9. The summed E-state index contributed by atoms with van der Waals surface area (Å²) in [6.07, 6.45) is 2.01. The average Bonchev–Trinajstić information content (AvgIpc) is 2.83. The lowest BCUT2D eigenvalue weighted by molar-refractivity contribution is 0.0688. The first-order chi connectivity index (χ1) is 9.04. The quantitative estimate of drug-likeness (QED) is 0.870. The second kappa shape index (κ2) is 5.44. The van der Waals surface area contributed by atoms with Gasteiger partial charge < -0.3 is 5.11 Å². The number of rotatable bonds is 4. The van der Waals surface area contributed by atoms with E-state index in [9.17, 15) is 4.79 Å². The summed E-state index contributed by atoms with van der Waals surface area (Å²) in [5.41, 5.74) is 1.45. The van der Waals surface area contributed by atoms with E-state index >= 15 is 0 Å². The number of benzene rings is 1. The first-order valence-electron chi connectivity index (χ1n) is 5.88. The maximum Gasteiger partial charge on any atom is 0.358 e. The average molecular weight is 277 g/mol. The molecule has 100 valence electrons. The molecule has 0 aliphatic rings. The third-order valence-corrected chi connectivity index (χ3v) is 3.51. The summed E-state index contributed by atoms with van der Waals surface area (Å²) >= 11 is 1.65. The summed E-state index contributed by atoms with van der Waals surface area (Å²) in [5.74, 6) is -1.02. The van der Waals surface area contributed by atoms with Crippen LogP contribution >= 0.6 is 11.8 Å². The number of nitrogens with zero attached hydrogens (tertiary/aromatic N) is 3. The van der Waals surface area contributed by atoms with Gasteiger partial charge in [-0.25, -0.2) is 9.48 Å². The molecule has 19 heavy (non-hydrogen) atoms. The molecule has 0 spiro atoms. The number of carboxylic acid groups (broad SMARTS) is 1. The third-order valence-electron chi connectivity index (χ3n) is 2.77. The van der Waals surface area contributed by atoms with Gasteiger partial charge in [-0.15, -0.1) is 16.9 Å². The largest absolute Gasteiger partial charge is 0.476 e. The summed E-state index contributed by atoms with van der Waals surface area (Å²) in [6.45, 7) is 3.86. The number of aromatic nitrogens is 3. The molecule has 0 unspecified atom stereocenters. The topological polar surface area (TPSA) is 68.0 Å². The Balaban J connectivity index is 2.52. The monoisotopic (exact) mass is 277 g/mol. The molecule has 2 aromatic rings. The molecule has 0 fully saturated rings. The van der Waals surface area contributed by atoms with E-state index < -0.39 is 5.97 Å². The van der Waals surface area contributed by atoms with Crippen molar-refractivity contribution in [3.8, 4) is 5.69 Å². The van der Waals surface area contributed by atoms with E-state index in [1.165, 1.54) is 0 Å². The zero-order valence-corrected chi connectivity index (χ0v) is 11.8. The Hall–Kier alpha value is -1.82. The van der Waals surface area contributed by atoms with E-state index in [1.807, 2.05) is 44.4 Å². The summed E-state index contributed by atoms with van der Waals surface area (Å²) < 4.78 is 1.60. The molecule has 0 radical (unpaired) electrons. The van der Waals surface area contributed by atoms with Crippen molar-refractivity contribution in [1.82, 2.24) is 15.0 Å². The lowest BCUT2D eigenvalue weighted by atomic mass is 10.1. The molecule has 6 heteroatoms. The van der Waals surface area contributed by atoms with Crippen molar-refractivity contribution >= 4 is 17.7 Å². The van der Waals surface area contributed by atoms with Gasteiger partial charge in [0.2, 0.25) is 0 Å². The highest BCUT2D eigenvalue weighted by Crippen LogP contribution is 2.23. The van der Waals surface area contributed by atoms with Crippen LogP contribution in [-0.4, -0.2) is 32.3 Å². The Morgan fingerprint density at radius 2 is 1.95 bits per heavy atom. The molecule has 1 N–H and O–H groups in total. The van der Waals surface area contributed by atoms with Crippen LogP contribution < -0.4 is 0 Å². The molecule has 0 saturated carbocycles. The molecule has 1 heterocycles. The number of hydrogen-bond acceptors (Lipinski definition) is 4. The van der Waals surface area contributed by atoms with Crippen LogP contribution in [0.2, 0.25) is 0 Å². The predicted octanol–water partition coefficient (Wildman–Crippen LogP) is 2.81. The van der Waals surface area contributed by atoms with Crippen molar-refractivity contribution in [3.05, 3.63) is 35.7 Å². The maximum atomic E-state index is 11.2. The first-order valence-corrected chi connectivity index (χ1v) is 7.10. The maximum absolute atomic E-state index is 11.2. The van der Waals surface area contributed by atoms with Crippen LogP contribution in [0.3, 0.4) is 0 Å². The van der Waals surface area contributed by atoms with Gasteiger partial charge in [0.05, 0.1) is 11.4 Å². The molecule has 0 saturated heterocycles. The van der Waals surface area contributed by atoms with E-state index in [4.69, 9.17) is 5.11 Å². The van der Waals surface area contributed by atoms with Gasteiger partial charge in [-0.3, -0.25) is 0 Å². The van der Waals surface area contributed by atoms with E-state index in [2.05, 4.69) is 10.3 Å². The smallest absolute Gasteiger partial charge is 0.358 e. The summed E-state index contributed by atoms with van der Waals surface area (Å²) in [4.78, 5) is 12.3. The third kappa shape index (κ3) is 2.63. The molecule has 2 rings (SSSR count). The highest BCUT2D eigenvalue weighted by atomic mass is 32.2. The van der Waals surface area contributed by atoms with Gasteiger partial charge >= 0.3 is 5.97 Å². The van der Waals surface area contributed by atoms with Crippen molar-refractivity contribution in [2.24, 2.45) is 0 Å².